The Balaban J connectivity index is 2.25. The molecule has 0 amide bonds. The minimum Gasteiger partial charge on any atom is -0.316 e. The predicted octanol–water partition coefficient (Wildman–Crippen LogP) is 4.90. The van der Waals surface area contributed by atoms with Crippen LogP contribution >= 0.6 is 0 Å². The summed E-state index contributed by atoms with van der Waals surface area (Å²) in [5.74, 6) is 0. The van der Waals surface area contributed by atoms with Crippen LogP contribution in [0, 0.1) is 13.8 Å². The van der Waals surface area contributed by atoms with Crippen LogP contribution in [0.4, 0.5) is 0 Å². The maximum absolute atomic E-state index is 3.71. The monoisotopic (exact) mass is 273 g/mol. The average molecular weight is 273 g/mol. The molecule has 1 aliphatic rings. The summed E-state index contributed by atoms with van der Waals surface area (Å²) in [6, 6.07) is 7.16. The van der Waals surface area contributed by atoms with Crippen molar-refractivity contribution >= 4 is 0 Å². The van der Waals surface area contributed by atoms with Gasteiger partial charge >= 0.3 is 0 Å². The third-order valence-corrected chi connectivity index (χ3v) is 5.07. The van der Waals surface area contributed by atoms with Crippen LogP contribution in [-0.2, 0) is 5.41 Å². The molecule has 0 saturated heterocycles. The molecule has 0 heterocycles. The zero-order valence-corrected chi connectivity index (χ0v) is 13.6. The van der Waals surface area contributed by atoms with Gasteiger partial charge in [-0.1, -0.05) is 50.8 Å². The molecule has 20 heavy (non-hydrogen) atoms. The van der Waals surface area contributed by atoms with Crippen LogP contribution in [0.25, 0.3) is 0 Å². The first-order valence-corrected chi connectivity index (χ1v) is 8.46. The van der Waals surface area contributed by atoms with Crippen molar-refractivity contribution in [1.29, 1.82) is 0 Å². The Hall–Kier alpha value is -0.820. The lowest BCUT2D eigenvalue weighted by atomic mass is 9.73. The van der Waals surface area contributed by atoms with E-state index in [4.69, 9.17) is 0 Å². The smallest absolute Gasteiger partial charge is 0.00778 e. The fraction of sp³-hybridized carbons (Fsp3) is 0.684. The first-order chi connectivity index (χ1) is 9.68. The van der Waals surface area contributed by atoms with E-state index in [0.717, 1.165) is 13.1 Å². The lowest BCUT2D eigenvalue weighted by molar-refractivity contribution is 0.347. The highest BCUT2D eigenvalue weighted by Crippen LogP contribution is 2.38. The average Bonchev–Trinajstić information content (AvgIpc) is 2.69. The van der Waals surface area contributed by atoms with Crippen LogP contribution < -0.4 is 5.32 Å². The third-order valence-electron chi connectivity index (χ3n) is 5.07. The van der Waals surface area contributed by atoms with Crippen LogP contribution in [0.15, 0.2) is 18.2 Å². The van der Waals surface area contributed by atoms with E-state index < -0.39 is 0 Å². The minimum absolute atomic E-state index is 0.379. The largest absolute Gasteiger partial charge is 0.316 e. The van der Waals surface area contributed by atoms with E-state index in [-0.39, 0.29) is 0 Å². The number of hydrogen-bond acceptors (Lipinski definition) is 1. The van der Waals surface area contributed by atoms with Crippen molar-refractivity contribution in [3.05, 3.63) is 34.9 Å². The number of nitrogens with one attached hydrogen (secondary N) is 1. The third kappa shape index (κ3) is 3.63. The molecule has 1 fully saturated rings. The fourth-order valence-corrected chi connectivity index (χ4v) is 3.55. The van der Waals surface area contributed by atoms with Crippen LogP contribution in [0.1, 0.15) is 68.6 Å². The van der Waals surface area contributed by atoms with Gasteiger partial charge in [-0.15, -0.1) is 0 Å². The van der Waals surface area contributed by atoms with E-state index in [2.05, 4.69) is 44.3 Å². The second-order valence-electron chi connectivity index (χ2n) is 6.67. The van der Waals surface area contributed by atoms with Crippen molar-refractivity contribution in [2.45, 2.75) is 71.1 Å². The Morgan fingerprint density at radius 3 is 2.30 bits per heavy atom. The molecule has 0 spiro atoms. The Labute approximate surface area is 125 Å². The normalized spacial score (nSPS) is 18.8. The van der Waals surface area contributed by atoms with E-state index in [9.17, 15) is 0 Å². The van der Waals surface area contributed by atoms with E-state index in [1.165, 1.54) is 56.1 Å². The number of rotatable bonds is 5. The first kappa shape index (κ1) is 15.6. The molecule has 1 aliphatic carbocycles. The van der Waals surface area contributed by atoms with Gasteiger partial charge in [0.05, 0.1) is 0 Å². The zero-order valence-electron chi connectivity index (χ0n) is 13.6. The molecule has 0 bridgehead atoms. The molecule has 0 atom stereocenters. The van der Waals surface area contributed by atoms with Crippen molar-refractivity contribution in [2.75, 3.05) is 13.1 Å². The standard InChI is InChI=1S/C19H31N/c1-4-13-20-15-19(11-7-5-6-8-12-19)18-10-9-16(2)17(3)14-18/h9-10,14,20H,4-8,11-13,15H2,1-3H3. The van der Waals surface area contributed by atoms with E-state index >= 15 is 0 Å². The lowest BCUT2D eigenvalue weighted by Gasteiger charge is -2.34. The van der Waals surface area contributed by atoms with Gasteiger partial charge in [0.25, 0.3) is 0 Å². The van der Waals surface area contributed by atoms with Crippen molar-refractivity contribution < 1.29 is 0 Å². The minimum atomic E-state index is 0.379. The van der Waals surface area contributed by atoms with Crippen LogP contribution in [0.3, 0.4) is 0 Å². The van der Waals surface area contributed by atoms with Crippen molar-refractivity contribution in [3.63, 3.8) is 0 Å². The summed E-state index contributed by atoms with van der Waals surface area (Å²) < 4.78 is 0. The van der Waals surface area contributed by atoms with Gasteiger partial charge in [-0.05, 0) is 56.3 Å². The number of hydrogen-bond donors (Lipinski definition) is 1. The molecule has 1 aromatic carbocycles. The van der Waals surface area contributed by atoms with E-state index in [1.54, 1.807) is 5.56 Å². The second kappa shape index (κ2) is 7.26. The highest BCUT2D eigenvalue weighted by molar-refractivity contribution is 5.35. The van der Waals surface area contributed by atoms with Gasteiger partial charge < -0.3 is 5.32 Å². The lowest BCUT2D eigenvalue weighted by Crippen LogP contribution is -2.38. The SMILES string of the molecule is CCCNCC1(c2ccc(C)c(C)c2)CCCCCC1. The fourth-order valence-electron chi connectivity index (χ4n) is 3.55. The Kier molecular flexibility index (Phi) is 5.65. The summed E-state index contributed by atoms with van der Waals surface area (Å²) in [5.41, 5.74) is 4.82. The summed E-state index contributed by atoms with van der Waals surface area (Å²) in [5, 5.41) is 3.71. The van der Waals surface area contributed by atoms with Gasteiger partial charge in [-0.25, -0.2) is 0 Å². The van der Waals surface area contributed by atoms with Gasteiger partial charge in [0, 0.05) is 12.0 Å². The summed E-state index contributed by atoms with van der Waals surface area (Å²) >= 11 is 0. The molecule has 1 nitrogen and oxygen atoms in total. The summed E-state index contributed by atoms with van der Waals surface area (Å²) in [6.07, 6.45) is 9.55. The van der Waals surface area contributed by atoms with Crippen LogP contribution in [-0.4, -0.2) is 13.1 Å². The van der Waals surface area contributed by atoms with E-state index in [1.807, 2.05) is 0 Å². The highest BCUT2D eigenvalue weighted by Gasteiger charge is 2.32. The molecule has 112 valence electrons. The quantitative estimate of drug-likeness (QED) is 0.594. The molecule has 1 saturated carbocycles. The molecule has 1 N–H and O–H groups in total. The molecule has 1 aromatic rings. The highest BCUT2D eigenvalue weighted by atomic mass is 14.9. The van der Waals surface area contributed by atoms with Gasteiger partial charge in [0.1, 0.15) is 0 Å². The van der Waals surface area contributed by atoms with Gasteiger partial charge in [-0.2, -0.15) is 0 Å². The zero-order chi connectivity index (χ0) is 14.4. The molecule has 2 rings (SSSR count). The Bertz CT molecular complexity index is 414. The van der Waals surface area contributed by atoms with E-state index in [0.29, 0.717) is 5.41 Å². The Morgan fingerprint density at radius 1 is 1.00 bits per heavy atom. The Morgan fingerprint density at radius 2 is 1.70 bits per heavy atom. The number of aryl methyl sites for hydroxylation is 2. The van der Waals surface area contributed by atoms with Crippen molar-refractivity contribution in [2.24, 2.45) is 0 Å². The number of benzene rings is 1. The van der Waals surface area contributed by atoms with Crippen LogP contribution in [0.5, 0.6) is 0 Å². The second-order valence-corrected chi connectivity index (χ2v) is 6.67. The maximum atomic E-state index is 3.71. The van der Waals surface area contributed by atoms with Gasteiger partial charge in [0.15, 0.2) is 0 Å². The topological polar surface area (TPSA) is 12.0 Å². The first-order valence-electron chi connectivity index (χ1n) is 8.46. The van der Waals surface area contributed by atoms with Crippen molar-refractivity contribution in [3.8, 4) is 0 Å². The summed E-state index contributed by atoms with van der Waals surface area (Å²) in [7, 11) is 0. The maximum Gasteiger partial charge on any atom is 0.00778 e. The summed E-state index contributed by atoms with van der Waals surface area (Å²) in [6.45, 7) is 9.02. The molecule has 1 heteroatoms. The van der Waals surface area contributed by atoms with Crippen LogP contribution in [0.2, 0.25) is 0 Å². The molecular formula is C19H31N. The molecule has 0 aromatic heterocycles. The molecule has 0 radical (unpaired) electrons. The van der Waals surface area contributed by atoms with Crippen molar-refractivity contribution in [1.82, 2.24) is 5.32 Å². The summed E-state index contributed by atoms with van der Waals surface area (Å²) in [4.78, 5) is 0. The predicted molar refractivity (Wildman–Crippen MR) is 88.5 cm³/mol. The molecule has 0 unspecified atom stereocenters. The molecular weight excluding hydrogens is 242 g/mol. The van der Waals surface area contributed by atoms with Gasteiger partial charge in [0.2, 0.25) is 0 Å². The molecule has 0 aliphatic heterocycles. The van der Waals surface area contributed by atoms with Gasteiger partial charge in [-0.3, -0.25) is 0 Å².